The highest BCUT2D eigenvalue weighted by atomic mass is 35.5. The smallest absolute Gasteiger partial charge is 0.277 e. The van der Waals surface area contributed by atoms with Crippen LogP contribution < -0.4 is 0 Å². The van der Waals surface area contributed by atoms with Crippen LogP contribution in [0.2, 0.25) is 5.02 Å². The molecule has 2 aromatic heterocycles. The summed E-state index contributed by atoms with van der Waals surface area (Å²) in [7, 11) is 0. The molecule has 148 valence electrons. The minimum absolute atomic E-state index is 0.144. The first-order valence-electron chi connectivity index (χ1n) is 9.69. The van der Waals surface area contributed by atoms with E-state index in [4.69, 9.17) is 11.6 Å². The normalized spacial score (nSPS) is 13.2. The number of hydrogen-bond acceptors (Lipinski definition) is 4. The number of rotatable bonds is 3. The first kappa shape index (κ1) is 18.5. The fourth-order valence-corrected chi connectivity index (χ4v) is 4.02. The summed E-state index contributed by atoms with van der Waals surface area (Å²) in [5.41, 5.74) is 4.84. The second-order valence-corrected chi connectivity index (χ2v) is 7.54. The van der Waals surface area contributed by atoms with Gasteiger partial charge in [0, 0.05) is 31.0 Å². The molecule has 1 aliphatic heterocycles. The van der Waals surface area contributed by atoms with E-state index < -0.39 is 0 Å². The number of hydrogen-bond donors (Lipinski definition) is 0. The Morgan fingerprint density at radius 2 is 1.67 bits per heavy atom. The summed E-state index contributed by atoms with van der Waals surface area (Å²) >= 11 is 6.42. The van der Waals surface area contributed by atoms with Gasteiger partial charge in [0.25, 0.3) is 5.91 Å². The number of carbonyl (C=O) groups excluding carboxylic acids is 1. The third kappa shape index (κ3) is 3.25. The van der Waals surface area contributed by atoms with Gasteiger partial charge in [-0.3, -0.25) is 9.78 Å². The lowest BCUT2D eigenvalue weighted by molar-refractivity contribution is 0.0729. The number of carbonyl (C=O) groups is 1. The Kier molecular flexibility index (Phi) is 4.77. The Morgan fingerprint density at radius 1 is 0.933 bits per heavy atom. The van der Waals surface area contributed by atoms with E-state index >= 15 is 0 Å². The lowest BCUT2D eigenvalue weighted by atomic mass is 9.99. The van der Waals surface area contributed by atoms with Crippen LogP contribution in [0.3, 0.4) is 0 Å². The molecule has 0 saturated carbocycles. The average Bonchev–Trinajstić information content (AvgIpc) is 3.24. The van der Waals surface area contributed by atoms with Crippen LogP contribution in [0.25, 0.3) is 16.9 Å². The van der Waals surface area contributed by atoms with Crippen molar-refractivity contribution in [2.24, 2.45) is 0 Å². The number of nitrogens with zero attached hydrogens (tertiary/aromatic N) is 5. The average molecular weight is 416 g/mol. The number of pyridine rings is 1. The van der Waals surface area contributed by atoms with Gasteiger partial charge in [-0.15, -0.1) is 5.10 Å². The van der Waals surface area contributed by atoms with Crippen molar-refractivity contribution in [2.75, 3.05) is 6.54 Å². The standard InChI is InChI=1S/C23H18ClN5O/c24-19-7-3-4-8-20(19)29-22(17-9-12-25-13-10-17)21(26-27-29)23(30)28-14-11-16-5-1-2-6-18(16)15-28/h1-10,12-13H,11,14-15H2. The molecule has 0 radical (unpaired) electrons. The topological polar surface area (TPSA) is 63.9 Å². The van der Waals surface area contributed by atoms with Gasteiger partial charge in [0.15, 0.2) is 5.69 Å². The fraction of sp³-hybridized carbons (Fsp3) is 0.130. The van der Waals surface area contributed by atoms with Gasteiger partial charge in [0.2, 0.25) is 0 Å². The molecule has 3 heterocycles. The number of benzene rings is 2. The molecule has 1 amide bonds. The van der Waals surface area contributed by atoms with Crippen LogP contribution in [0.4, 0.5) is 0 Å². The van der Waals surface area contributed by atoms with Gasteiger partial charge in [0.1, 0.15) is 5.69 Å². The van der Waals surface area contributed by atoms with Gasteiger partial charge in [-0.05, 0) is 41.8 Å². The summed E-state index contributed by atoms with van der Waals surface area (Å²) in [5, 5.41) is 9.11. The number of para-hydroxylation sites is 1. The molecule has 0 unspecified atom stereocenters. The molecular formula is C23H18ClN5O. The summed E-state index contributed by atoms with van der Waals surface area (Å²) in [6.45, 7) is 1.20. The summed E-state index contributed by atoms with van der Waals surface area (Å²) in [6.07, 6.45) is 4.19. The van der Waals surface area contributed by atoms with Crippen molar-refractivity contribution < 1.29 is 4.79 Å². The lowest BCUT2D eigenvalue weighted by Crippen LogP contribution is -2.36. The Labute approximate surface area is 178 Å². The molecule has 0 aliphatic carbocycles. The SMILES string of the molecule is O=C(c1nnn(-c2ccccc2Cl)c1-c1ccncc1)N1CCc2ccccc2C1. The van der Waals surface area contributed by atoms with Crippen LogP contribution in [-0.2, 0) is 13.0 Å². The molecule has 5 rings (SSSR count). The molecule has 0 saturated heterocycles. The third-order valence-electron chi connectivity index (χ3n) is 5.33. The van der Waals surface area contributed by atoms with Crippen LogP contribution in [0.1, 0.15) is 21.6 Å². The second kappa shape index (κ2) is 7.72. The van der Waals surface area contributed by atoms with Gasteiger partial charge >= 0.3 is 0 Å². The number of halogens is 1. The van der Waals surface area contributed by atoms with E-state index in [0.717, 1.165) is 12.0 Å². The van der Waals surface area contributed by atoms with Crippen LogP contribution in [-0.4, -0.2) is 37.3 Å². The summed E-state index contributed by atoms with van der Waals surface area (Å²) in [5.74, 6) is -0.144. The van der Waals surface area contributed by atoms with Crippen molar-refractivity contribution in [1.29, 1.82) is 0 Å². The zero-order valence-corrected chi connectivity index (χ0v) is 16.8. The molecule has 6 nitrogen and oxygen atoms in total. The molecule has 1 aliphatic rings. The number of amides is 1. The molecule has 0 N–H and O–H groups in total. The summed E-state index contributed by atoms with van der Waals surface area (Å²) in [6, 6.07) is 19.3. The molecule has 0 bridgehead atoms. The zero-order valence-electron chi connectivity index (χ0n) is 16.1. The molecule has 30 heavy (non-hydrogen) atoms. The fourth-order valence-electron chi connectivity index (χ4n) is 3.81. The maximum absolute atomic E-state index is 13.5. The van der Waals surface area contributed by atoms with E-state index in [0.29, 0.717) is 35.2 Å². The number of aromatic nitrogens is 4. The Morgan fingerprint density at radius 3 is 2.47 bits per heavy atom. The monoisotopic (exact) mass is 415 g/mol. The van der Waals surface area contributed by atoms with E-state index in [9.17, 15) is 4.79 Å². The first-order valence-corrected chi connectivity index (χ1v) is 10.1. The van der Waals surface area contributed by atoms with Gasteiger partial charge in [-0.2, -0.15) is 0 Å². The maximum atomic E-state index is 13.5. The summed E-state index contributed by atoms with van der Waals surface area (Å²) < 4.78 is 1.63. The lowest BCUT2D eigenvalue weighted by Gasteiger charge is -2.28. The van der Waals surface area contributed by atoms with Crippen molar-refractivity contribution in [2.45, 2.75) is 13.0 Å². The first-order chi connectivity index (χ1) is 14.7. The largest absolute Gasteiger partial charge is 0.333 e. The molecule has 0 spiro atoms. The van der Waals surface area contributed by atoms with E-state index in [1.54, 1.807) is 23.1 Å². The molecule has 0 fully saturated rings. The Hall–Kier alpha value is -3.51. The highest BCUT2D eigenvalue weighted by Gasteiger charge is 2.28. The van der Waals surface area contributed by atoms with Gasteiger partial charge in [0.05, 0.1) is 10.7 Å². The van der Waals surface area contributed by atoms with Gasteiger partial charge in [-0.1, -0.05) is 53.2 Å². The molecular weight excluding hydrogens is 398 g/mol. The Bertz CT molecular complexity index is 1220. The van der Waals surface area contributed by atoms with Crippen LogP contribution in [0, 0.1) is 0 Å². The van der Waals surface area contributed by atoms with E-state index in [-0.39, 0.29) is 5.91 Å². The van der Waals surface area contributed by atoms with Crippen molar-refractivity contribution in [3.63, 3.8) is 0 Å². The van der Waals surface area contributed by atoms with Crippen molar-refractivity contribution >= 4 is 17.5 Å². The van der Waals surface area contributed by atoms with Crippen molar-refractivity contribution in [3.8, 4) is 16.9 Å². The zero-order chi connectivity index (χ0) is 20.5. The van der Waals surface area contributed by atoms with Crippen molar-refractivity contribution in [1.82, 2.24) is 24.9 Å². The summed E-state index contributed by atoms with van der Waals surface area (Å²) in [4.78, 5) is 19.4. The second-order valence-electron chi connectivity index (χ2n) is 7.13. The Balaban J connectivity index is 1.59. The van der Waals surface area contributed by atoms with E-state index in [2.05, 4.69) is 27.4 Å². The highest BCUT2D eigenvalue weighted by Crippen LogP contribution is 2.30. The number of fused-ring (bicyclic) bond motifs is 1. The minimum Gasteiger partial charge on any atom is -0.333 e. The van der Waals surface area contributed by atoms with Crippen LogP contribution in [0.15, 0.2) is 73.1 Å². The van der Waals surface area contributed by atoms with E-state index in [1.165, 1.54) is 11.1 Å². The van der Waals surface area contributed by atoms with E-state index in [1.807, 2.05) is 47.4 Å². The molecule has 4 aromatic rings. The van der Waals surface area contributed by atoms with Crippen LogP contribution in [0.5, 0.6) is 0 Å². The quantitative estimate of drug-likeness (QED) is 0.503. The van der Waals surface area contributed by atoms with Gasteiger partial charge in [-0.25, -0.2) is 4.68 Å². The predicted molar refractivity (Wildman–Crippen MR) is 114 cm³/mol. The highest BCUT2D eigenvalue weighted by molar-refractivity contribution is 6.32. The van der Waals surface area contributed by atoms with Gasteiger partial charge < -0.3 is 4.90 Å². The minimum atomic E-state index is -0.144. The predicted octanol–water partition coefficient (Wildman–Crippen LogP) is 4.18. The molecule has 2 aromatic carbocycles. The maximum Gasteiger partial charge on any atom is 0.277 e. The molecule has 7 heteroatoms. The van der Waals surface area contributed by atoms with Crippen LogP contribution >= 0.6 is 11.6 Å². The van der Waals surface area contributed by atoms with Crippen molar-refractivity contribution in [3.05, 3.63) is 94.9 Å². The third-order valence-corrected chi connectivity index (χ3v) is 5.64. The molecule has 0 atom stereocenters.